The fraction of sp³-hybridized carbons (Fsp3) is 0.750. The quantitative estimate of drug-likeness (QED) is 0.335. The van der Waals surface area contributed by atoms with E-state index in [1.54, 1.807) is 11.2 Å². The number of hydrogen-bond donors (Lipinski definition) is 2. The van der Waals surface area contributed by atoms with Gasteiger partial charge in [-0.3, -0.25) is 9.67 Å². The molecule has 0 atom stereocenters. The van der Waals surface area contributed by atoms with Crippen LogP contribution in [-0.4, -0.2) is 66.4 Å². The van der Waals surface area contributed by atoms with Crippen LogP contribution in [0.1, 0.15) is 32.3 Å². The molecule has 0 unspecified atom stereocenters. The zero-order valence-electron chi connectivity index (χ0n) is 15.8. The number of nitrogens with one attached hydrogen (secondary N) is 2. The number of rotatable bonds is 7. The number of hydrogen-bond acceptors (Lipinski definition) is 4. The molecule has 0 spiro atoms. The molecule has 1 saturated heterocycles. The monoisotopic (exact) mass is 498 g/mol. The predicted molar refractivity (Wildman–Crippen MR) is 116 cm³/mol. The van der Waals surface area contributed by atoms with Gasteiger partial charge < -0.3 is 10.6 Å². The Morgan fingerprint density at radius 1 is 1.35 bits per heavy atom. The average Bonchev–Trinajstić information content (AvgIpc) is 3.01. The lowest BCUT2D eigenvalue weighted by Gasteiger charge is -2.32. The molecule has 150 valence electrons. The lowest BCUT2D eigenvalue weighted by atomic mass is 10.1. The number of nitrogens with zero attached hydrogens (tertiary/aromatic N) is 4. The van der Waals surface area contributed by atoms with E-state index in [1.807, 2.05) is 30.9 Å². The minimum atomic E-state index is -3.08. The van der Waals surface area contributed by atoms with Gasteiger partial charge in [-0.25, -0.2) is 12.7 Å². The molecule has 8 nitrogen and oxygen atoms in total. The summed E-state index contributed by atoms with van der Waals surface area (Å²) in [5, 5.41) is 10.9. The van der Waals surface area contributed by atoms with Crippen LogP contribution in [0.4, 0.5) is 0 Å². The number of guanidine groups is 1. The van der Waals surface area contributed by atoms with Crippen LogP contribution in [0, 0.1) is 6.92 Å². The van der Waals surface area contributed by atoms with Crippen molar-refractivity contribution in [3.8, 4) is 0 Å². The van der Waals surface area contributed by atoms with E-state index >= 15 is 0 Å². The van der Waals surface area contributed by atoms with Crippen LogP contribution < -0.4 is 10.6 Å². The Kier molecular flexibility index (Phi) is 9.86. The van der Waals surface area contributed by atoms with Crippen LogP contribution in [0.5, 0.6) is 0 Å². The van der Waals surface area contributed by atoms with Crippen LogP contribution >= 0.6 is 24.0 Å². The van der Waals surface area contributed by atoms with Gasteiger partial charge in [-0.05, 0) is 39.2 Å². The molecule has 0 aromatic carbocycles. The van der Waals surface area contributed by atoms with E-state index < -0.39 is 10.0 Å². The highest BCUT2D eigenvalue weighted by molar-refractivity contribution is 14.0. The lowest BCUT2D eigenvalue weighted by Crippen LogP contribution is -2.50. The van der Waals surface area contributed by atoms with Gasteiger partial charge in [-0.1, -0.05) is 0 Å². The average molecular weight is 498 g/mol. The van der Waals surface area contributed by atoms with Gasteiger partial charge >= 0.3 is 0 Å². The summed E-state index contributed by atoms with van der Waals surface area (Å²) in [7, 11) is -3.08. The Labute approximate surface area is 173 Å². The maximum atomic E-state index is 11.9. The second-order valence-electron chi connectivity index (χ2n) is 6.26. The van der Waals surface area contributed by atoms with Crippen molar-refractivity contribution in [1.82, 2.24) is 24.7 Å². The van der Waals surface area contributed by atoms with Crippen LogP contribution in [-0.2, 0) is 16.6 Å². The second-order valence-corrected chi connectivity index (χ2v) is 8.52. The third-order valence-electron chi connectivity index (χ3n) is 4.26. The Hall–Kier alpha value is -0.880. The van der Waals surface area contributed by atoms with E-state index in [9.17, 15) is 8.42 Å². The topological polar surface area (TPSA) is 91.6 Å². The normalized spacial score (nSPS) is 17.0. The molecule has 0 radical (unpaired) electrons. The van der Waals surface area contributed by atoms with Gasteiger partial charge in [-0.15, -0.1) is 24.0 Å². The molecule has 10 heteroatoms. The zero-order valence-corrected chi connectivity index (χ0v) is 19.0. The number of aromatic nitrogens is 2. The summed E-state index contributed by atoms with van der Waals surface area (Å²) in [6.45, 7) is 9.04. The van der Waals surface area contributed by atoms with Gasteiger partial charge in [0, 0.05) is 31.9 Å². The highest BCUT2D eigenvalue weighted by Gasteiger charge is 2.26. The van der Waals surface area contributed by atoms with Gasteiger partial charge in [0.2, 0.25) is 10.0 Å². The summed E-state index contributed by atoms with van der Waals surface area (Å²) in [6, 6.07) is 0.244. The summed E-state index contributed by atoms with van der Waals surface area (Å²) in [5.41, 5.74) is 1.14. The number of aryl methyl sites for hydroxylation is 1. The smallest absolute Gasteiger partial charge is 0.213 e. The predicted octanol–water partition coefficient (Wildman–Crippen LogP) is 1.18. The van der Waals surface area contributed by atoms with Gasteiger partial charge in [0.05, 0.1) is 25.0 Å². The fourth-order valence-corrected chi connectivity index (χ4v) is 3.96. The maximum absolute atomic E-state index is 11.9. The second kappa shape index (κ2) is 11.1. The van der Waals surface area contributed by atoms with Crippen molar-refractivity contribution < 1.29 is 8.42 Å². The molecule has 1 fully saturated rings. The van der Waals surface area contributed by atoms with Crippen molar-refractivity contribution in [2.45, 2.75) is 46.2 Å². The molecule has 2 N–H and O–H groups in total. The van der Waals surface area contributed by atoms with E-state index in [0.717, 1.165) is 37.5 Å². The molecule has 1 aromatic rings. The molecule has 2 heterocycles. The van der Waals surface area contributed by atoms with Crippen molar-refractivity contribution in [2.75, 3.05) is 31.9 Å². The summed E-state index contributed by atoms with van der Waals surface area (Å²) in [5.74, 6) is 0.949. The first-order chi connectivity index (χ1) is 11.9. The van der Waals surface area contributed by atoms with Crippen molar-refractivity contribution in [1.29, 1.82) is 0 Å². The number of sulfonamides is 1. The minimum absolute atomic E-state index is 0. The standard InChI is InChI=1S/C16H30N6O2S.HI/c1-4-17-16(18-8-11-21-13-14(3)12-19-21)20-15-6-9-22(10-7-15)25(23,24)5-2;/h12-13,15H,4-11H2,1-3H3,(H2,17,18,20);1H. The Morgan fingerprint density at radius 3 is 2.58 bits per heavy atom. The number of piperidine rings is 1. The van der Waals surface area contributed by atoms with E-state index in [1.165, 1.54) is 0 Å². The molecule has 1 aliphatic rings. The molecule has 0 aliphatic carbocycles. The third-order valence-corrected chi connectivity index (χ3v) is 6.14. The number of aliphatic imine (C=N–C) groups is 1. The Bertz CT molecular complexity index is 668. The molecular formula is C16H31IN6O2S. The molecule has 0 saturated carbocycles. The SMILES string of the molecule is CCNC(=NCCn1cc(C)cn1)NC1CCN(S(=O)(=O)CC)CC1.I. The molecule has 0 bridgehead atoms. The lowest BCUT2D eigenvalue weighted by molar-refractivity contribution is 0.306. The largest absolute Gasteiger partial charge is 0.357 e. The van der Waals surface area contributed by atoms with Crippen molar-refractivity contribution >= 4 is 40.0 Å². The third kappa shape index (κ3) is 7.03. The summed E-state index contributed by atoms with van der Waals surface area (Å²) < 4.78 is 27.3. The van der Waals surface area contributed by atoms with Crippen LogP contribution in [0.2, 0.25) is 0 Å². The van der Waals surface area contributed by atoms with Crippen molar-refractivity contribution in [2.24, 2.45) is 4.99 Å². The first kappa shape index (κ1) is 23.2. The van der Waals surface area contributed by atoms with Gasteiger partial charge in [0.25, 0.3) is 0 Å². The molecular weight excluding hydrogens is 467 g/mol. The van der Waals surface area contributed by atoms with E-state index in [4.69, 9.17) is 0 Å². The van der Waals surface area contributed by atoms with Crippen molar-refractivity contribution in [3.63, 3.8) is 0 Å². The highest BCUT2D eigenvalue weighted by atomic mass is 127. The zero-order chi connectivity index (χ0) is 18.3. The molecule has 26 heavy (non-hydrogen) atoms. The summed E-state index contributed by atoms with van der Waals surface area (Å²) >= 11 is 0. The van der Waals surface area contributed by atoms with E-state index in [0.29, 0.717) is 19.6 Å². The fourth-order valence-electron chi connectivity index (χ4n) is 2.83. The van der Waals surface area contributed by atoms with E-state index in [-0.39, 0.29) is 35.8 Å². The molecule has 1 aliphatic heterocycles. The number of halogens is 1. The van der Waals surface area contributed by atoms with Crippen LogP contribution in [0.25, 0.3) is 0 Å². The maximum Gasteiger partial charge on any atom is 0.213 e. The van der Waals surface area contributed by atoms with E-state index in [2.05, 4.69) is 20.7 Å². The van der Waals surface area contributed by atoms with Gasteiger partial charge in [0.1, 0.15) is 0 Å². The van der Waals surface area contributed by atoms with Crippen molar-refractivity contribution in [3.05, 3.63) is 18.0 Å². The minimum Gasteiger partial charge on any atom is -0.357 e. The molecule has 1 aromatic heterocycles. The highest BCUT2D eigenvalue weighted by Crippen LogP contribution is 2.14. The Morgan fingerprint density at radius 2 is 2.04 bits per heavy atom. The summed E-state index contributed by atoms with van der Waals surface area (Å²) in [4.78, 5) is 4.60. The first-order valence-corrected chi connectivity index (χ1v) is 10.6. The van der Waals surface area contributed by atoms with Gasteiger partial charge in [-0.2, -0.15) is 5.10 Å². The van der Waals surface area contributed by atoms with Crippen LogP contribution in [0.15, 0.2) is 17.4 Å². The Balaban J connectivity index is 0.00000338. The van der Waals surface area contributed by atoms with Gasteiger partial charge in [0.15, 0.2) is 5.96 Å². The first-order valence-electron chi connectivity index (χ1n) is 8.96. The molecule has 2 rings (SSSR count). The molecule has 0 amide bonds. The summed E-state index contributed by atoms with van der Waals surface area (Å²) in [6.07, 6.45) is 5.43. The van der Waals surface area contributed by atoms with Crippen LogP contribution in [0.3, 0.4) is 0 Å².